The van der Waals surface area contributed by atoms with Crippen LogP contribution in [0.5, 0.6) is 0 Å². The Labute approximate surface area is 72.5 Å². The summed E-state index contributed by atoms with van der Waals surface area (Å²) < 4.78 is 0. The lowest BCUT2D eigenvalue weighted by Gasteiger charge is -2.30. The molecule has 1 aliphatic heterocycles. The van der Waals surface area contributed by atoms with Crippen LogP contribution in [0.15, 0.2) is 0 Å². The van der Waals surface area contributed by atoms with Gasteiger partial charge in [-0.2, -0.15) is 0 Å². The van der Waals surface area contributed by atoms with E-state index in [-0.39, 0.29) is 1.43 Å². The first-order valence-electron chi connectivity index (χ1n) is 4.75. The van der Waals surface area contributed by atoms with Gasteiger partial charge in [0.1, 0.15) is 0 Å². The van der Waals surface area contributed by atoms with Gasteiger partial charge in [0.05, 0.1) is 0 Å². The van der Waals surface area contributed by atoms with Crippen LogP contribution in [0, 0.1) is 0 Å². The highest BCUT2D eigenvalue weighted by Gasteiger charge is 2.11. The van der Waals surface area contributed by atoms with Gasteiger partial charge in [-0.1, -0.05) is 13.8 Å². The van der Waals surface area contributed by atoms with Crippen molar-refractivity contribution in [1.29, 1.82) is 0 Å². The zero-order valence-corrected chi connectivity index (χ0v) is 8.35. The molecular formula is C9H24N2. The maximum atomic E-state index is 3.33. The van der Waals surface area contributed by atoms with E-state index in [2.05, 4.69) is 24.1 Å². The van der Waals surface area contributed by atoms with Gasteiger partial charge in [0.25, 0.3) is 0 Å². The second-order valence-electron chi connectivity index (χ2n) is 2.88. The van der Waals surface area contributed by atoms with E-state index in [1.54, 1.807) is 0 Å². The number of hydrogen-bond donors (Lipinski definition) is 1. The lowest BCUT2D eigenvalue weighted by Crippen LogP contribution is -2.46. The zero-order chi connectivity index (χ0) is 8.69. The van der Waals surface area contributed by atoms with E-state index in [1.807, 2.05) is 13.8 Å². The molecule has 0 radical (unpaired) electrons. The Bertz CT molecular complexity index is 80.6. The average Bonchev–Trinajstić information content (AvgIpc) is 2.10. The molecule has 1 aliphatic rings. The van der Waals surface area contributed by atoms with Gasteiger partial charge in [0, 0.05) is 33.6 Å². The predicted octanol–water partition coefficient (Wildman–Crippen LogP) is 1.57. The van der Waals surface area contributed by atoms with Crippen LogP contribution in [0.25, 0.3) is 0 Å². The SMILES string of the molecule is CC.CC(C)N1CCNCC1.[HH]. The van der Waals surface area contributed by atoms with E-state index in [0.717, 1.165) is 19.1 Å². The summed E-state index contributed by atoms with van der Waals surface area (Å²) >= 11 is 0. The summed E-state index contributed by atoms with van der Waals surface area (Å²) in [5.41, 5.74) is 0. The summed E-state index contributed by atoms with van der Waals surface area (Å²) in [6, 6.07) is 0.729. The van der Waals surface area contributed by atoms with E-state index in [0.29, 0.717) is 0 Å². The standard InChI is InChI=1S/C7H16N2.C2H6.H2/c1-7(2)9-5-3-8-4-6-9;1-2;/h7-8H,3-6H2,1-2H3;1-2H3;1H. The smallest absolute Gasteiger partial charge is 0.0110 e. The van der Waals surface area contributed by atoms with Crippen molar-refractivity contribution in [2.24, 2.45) is 0 Å². The first-order chi connectivity index (χ1) is 5.30. The van der Waals surface area contributed by atoms with E-state index in [9.17, 15) is 0 Å². The van der Waals surface area contributed by atoms with Crippen molar-refractivity contribution < 1.29 is 1.43 Å². The molecule has 11 heavy (non-hydrogen) atoms. The third-order valence-corrected chi connectivity index (χ3v) is 1.88. The van der Waals surface area contributed by atoms with Gasteiger partial charge < -0.3 is 5.32 Å². The molecule has 70 valence electrons. The Morgan fingerprint density at radius 1 is 1.18 bits per heavy atom. The summed E-state index contributed by atoms with van der Waals surface area (Å²) in [6.07, 6.45) is 0. The maximum absolute atomic E-state index is 3.33. The summed E-state index contributed by atoms with van der Waals surface area (Å²) in [5, 5.41) is 3.33. The lowest BCUT2D eigenvalue weighted by atomic mass is 10.3. The highest BCUT2D eigenvalue weighted by Crippen LogP contribution is 1.97. The van der Waals surface area contributed by atoms with Crippen LogP contribution in [-0.4, -0.2) is 37.1 Å². The van der Waals surface area contributed by atoms with Crippen molar-refractivity contribution in [2.75, 3.05) is 26.2 Å². The average molecular weight is 160 g/mol. The summed E-state index contributed by atoms with van der Waals surface area (Å²) in [7, 11) is 0. The summed E-state index contributed by atoms with van der Waals surface area (Å²) in [5.74, 6) is 0. The molecular weight excluding hydrogens is 136 g/mol. The highest BCUT2D eigenvalue weighted by atomic mass is 15.2. The number of hydrogen-bond acceptors (Lipinski definition) is 2. The molecule has 0 aromatic heterocycles. The Hall–Kier alpha value is -0.0800. The molecule has 1 heterocycles. The molecule has 0 atom stereocenters. The van der Waals surface area contributed by atoms with Crippen molar-refractivity contribution in [3.05, 3.63) is 0 Å². The number of nitrogens with zero attached hydrogens (tertiary/aromatic N) is 1. The highest BCUT2D eigenvalue weighted by molar-refractivity contribution is 4.69. The van der Waals surface area contributed by atoms with Gasteiger partial charge in [-0.15, -0.1) is 0 Å². The molecule has 2 nitrogen and oxygen atoms in total. The third kappa shape index (κ3) is 4.38. The first-order valence-corrected chi connectivity index (χ1v) is 4.75. The second kappa shape index (κ2) is 6.62. The van der Waals surface area contributed by atoms with Gasteiger partial charge in [-0.3, -0.25) is 4.90 Å². The van der Waals surface area contributed by atoms with Crippen LogP contribution in [0.1, 0.15) is 29.1 Å². The van der Waals surface area contributed by atoms with Crippen molar-refractivity contribution >= 4 is 0 Å². The number of rotatable bonds is 1. The molecule has 1 rings (SSSR count). The lowest BCUT2D eigenvalue weighted by molar-refractivity contribution is 0.196. The fourth-order valence-electron chi connectivity index (χ4n) is 1.20. The van der Waals surface area contributed by atoms with E-state index < -0.39 is 0 Å². The minimum atomic E-state index is 0. The van der Waals surface area contributed by atoms with E-state index in [1.165, 1.54) is 13.1 Å². The third-order valence-electron chi connectivity index (χ3n) is 1.88. The monoisotopic (exact) mass is 160 g/mol. The van der Waals surface area contributed by atoms with E-state index >= 15 is 0 Å². The Kier molecular flexibility index (Phi) is 6.57. The minimum Gasteiger partial charge on any atom is -0.314 e. The van der Waals surface area contributed by atoms with Gasteiger partial charge >= 0.3 is 0 Å². The summed E-state index contributed by atoms with van der Waals surface area (Å²) in [6.45, 7) is 13.3. The fraction of sp³-hybridized carbons (Fsp3) is 1.00. The molecule has 1 N–H and O–H groups in total. The fourth-order valence-corrected chi connectivity index (χ4v) is 1.20. The van der Waals surface area contributed by atoms with Gasteiger partial charge in [0.2, 0.25) is 0 Å². The van der Waals surface area contributed by atoms with Crippen molar-refractivity contribution in [3.63, 3.8) is 0 Å². The van der Waals surface area contributed by atoms with Crippen LogP contribution in [0.3, 0.4) is 0 Å². The molecule has 2 heteroatoms. The normalized spacial score (nSPS) is 19.4. The maximum Gasteiger partial charge on any atom is 0.0110 e. The minimum absolute atomic E-state index is 0. The first kappa shape index (κ1) is 10.9. The van der Waals surface area contributed by atoms with Crippen LogP contribution < -0.4 is 5.32 Å². The molecule has 0 bridgehead atoms. The van der Waals surface area contributed by atoms with Crippen molar-refractivity contribution in [1.82, 2.24) is 10.2 Å². The molecule has 0 aromatic rings. The Morgan fingerprint density at radius 2 is 1.64 bits per heavy atom. The Balaban J connectivity index is 0. The zero-order valence-electron chi connectivity index (χ0n) is 8.35. The van der Waals surface area contributed by atoms with E-state index in [4.69, 9.17) is 0 Å². The summed E-state index contributed by atoms with van der Waals surface area (Å²) in [4.78, 5) is 2.50. The van der Waals surface area contributed by atoms with Crippen LogP contribution in [-0.2, 0) is 0 Å². The molecule has 1 saturated heterocycles. The molecule has 0 saturated carbocycles. The Morgan fingerprint density at radius 3 is 1.91 bits per heavy atom. The molecule has 0 aromatic carbocycles. The molecule has 0 spiro atoms. The largest absolute Gasteiger partial charge is 0.314 e. The van der Waals surface area contributed by atoms with Gasteiger partial charge in [0.15, 0.2) is 0 Å². The van der Waals surface area contributed by atoms with Crippen molar-refractivity contribution in [2.45, 2.75) is 33.7 Å². The topological polar surface area (TPSA) is 15.3 Å². The van der Waals surface area contributed by atoms with Gasteiger partial charge in [-0.25, -0.2) is 0 Å². The molecule has 1 fully saturated rings. The predicted molar refractivity (Wildman–Crippen MR) is 53.0 cm³/mol. The number of nitrogens with one attached hydrogen (secondary N) is 1. The van der Waals surface area contributed by atoms with Crippen molar-refractivity contribution in [3.8, 4) is 0 Å². The van der Waals surface area contributed by atoms with Gasteiger partial charge in [-0.05, 0) is 13.8 Å². The molecule has 0 unspecified atom stereocenters. The molecule has 0 amide bonds. The van der Waals surface area contributed by atoms with Crippen LogP contribution in [0.2, 0.25) is 0 Å². The van der Waals surface area contributed by atoms with Crippen LogP contribution >= 0.6 is 0 Å². The number of piperazine rings is 1. The quantitative estimate of drug-likeness (QED) is 0.626. The molecule has 0 aliphatic carbocycles. The van der Waals surface area contributed by atoms with Crippen LogP contribution in [0.4, 0.5) is 0 Å². The second-order valence-corrected chi connectivity index (χ2v) is 2.88.